The molecular formula is C27H26N8O2. The number of aromatic amines is 2. The summed E-state index contributed by atoms with van der Waals surface area (Å²) in [6.45, 7) is 7.78. The number of para-hydroxylation sites is 1. The topological polar surface area (TPSA) is 137 Å². The van der Waals surface area contributed by atoms with E-state index >= 15 is 0 Å². The monoisotopic (exact) mass is 494 g/mol. The van der Waals surface area contributed by atoms with Gasteiger partial charge in [-0.25, -0.2) is 4.68 Å². The lowest BCUT2D eigenvalue weighted by molar-refractivity contribution is 0.478. The van der Waals surface area contributed by atoms with E-state index in [1.807, 2.05) is 63.2 Å². The molecule has 3 aromatic carbocycles. The number of benzene rings is 3. The van der Waals surface area contributed by atoms with Crippen molar-refractivity contribution in [1.82, 2.24) is 30.4 Å². The summed E-state index contributed by atoms with van der Waals surface area (Å²) < 4.78 is 1.45. The molecule has 10 nitrogen and oxygen atoms in total. The summed E-state index contributed by atoms with van der Waals surface area (Å²) in [5, 5.41) is 36.6. The molecule has 5 rings (SSSR count). The summed E-state index contributed by atoms with van der Waals surface area (Å²) in [6, 6.07) is 18.8. The van der Waals surface area contributed by atoms with Gasteiger partial charge in [-0.3, -0.25) is 9.89 Å². The van der Waals surface area contributed by atoms with Crippen molar-refractivity contribution < 1.29 is 5.11 Å². The maximum Gasteiger partial charge on any atom is 0.299 e. The molecule has 37 heavy (non-hydrogen) atoms. The number of rotatable bonds is 6. The Kier molecular flexibility index (Phi) is 6.22. The van der Waals surface area contributed by atoms with Gasteiger partial charge >= 0.3 is 0 Å². The zero-order valence-corrected chi connectivity index (χ0v) is 20.9. The SMILES string of the molecule is Cc1ccc(-n2[nH]c(C)c(N=Nc3cccc(-c4ccc(C(C)c5nn[nH]n5)cc4)c3O)c2=O)cc1C. The van der Waals surface area contributed by atoms with Gasteiger partial charge in [-0.2, -0.15) is 5.21 Å². The molecule has 3 N–H and O–H groups in total. The predicted molar refractivity (Wildman–Crippen MR) is 140 cm³/mol. The van der Waals surface area contributed by atoms with Gasteiger partial charge < -0.3 is 5.11 Å². The Morgan fingerprint density at radius 3 is 2.46 bits per heavy atom. The number of aromatic hydroxyl groups is 1. The molecule has 0 radical (unpaired) electrons. The molecule has 0 spiro atoms. The second-order valence-corrected chi connectivity index (χ2v) is 8.98. The fourth-order valence-electron chi connectivity index (χ4n) is 4.10. The number of nitrogens with zero attached hydrogens (tertiary/aromatic N) is 6. The Morgan fingerprint density at radius 2 is 1.76 bits per heavy atom. The molecule has 0 fully saturated rings. The molecule has 5 aromatic rings. The molecule has 0 saturated carbocycles. The van der Waals surface area contributed by atoms with Crippen LogP contribution in [0.1, 0.15) is 41.1 Å². The first kappa shape index (κ1) is 23.9. The molecular weight excluding hydrogens is 468 g/mol. The Hall–Kier alpha value is -4.86. The molecule has 0 aliphatic rings. The third kappa shape index (κ3) is 4.56. The maximum atomic E-state index is 13.1. The van der Waals surface area contributed by atoms with Crippen LogP contribution in [0.15, 0.2) is 75.7 Å². The van der Waals surface area contributed by atoms with Gasteiger partial charge in [0.2, 0.25) is 0 Å². The first-order valence-corrected chi connectivity index (χ1v) is 11.8. The molecule has 10 heteroatoms. The van der Waals surface area contributed by atoms with E-state index in [1.165, 1.54) is 4.68 Å². The highest BCUT2D eigenvalue weighted by atomic mass is 16.3. The van der Waals surface area contributed by atoms with Crippen LogP contribution in [0.3, 0.4) is 0 Å². The predicted octanol–water partition coefficient (Wildman–Crippen LogP) is 5.54. The first-order valence-electron chi connectivity index (χ1n) is 11.8. The minimum absolute atomic E-state index is 0.0205. The van der Waals surface area contributed by atoms with E-state index in [2.05, 4.69) is 36.0 Å². The lowest BCUT2D eigenvalue weighted by Crippen LogP contribution is -2.14. The number of H-pyrrole nitrogens is 2. The van der Waals surface area contributed by atoms with Crippen molar-refractivity contribution in [2.45, 2.75) is 33.6 Å². The Balaban J connectivity index is 1.43. The quantitative estimate of drug-likeness (QED) is 0.266. The normalized spacial score (nSPS) is 12.3. The van der Waals surface area contributed by atoms with E-state index in [9.17, 15) is 9.90 Å². The van der Waals surface area contributed by atoms with Crippen molar-refractivity contribution in [2.75, 3.05) is 0 Å². The Bertz CT molecular complexity index is 1650. The van der Waals surface area contributed by atoms with Gasteiger partial charge in [0, 0.05) is 11.5 Å². The smallest absolute Gasteiger partial charge is 0.299 e. The largest absolute Gasteiger partial charge is 0.505 e. The van der Waals surface area contributed by atoms with Crippen molar-refractivity contribution in [3.05, 3.63) is 99.2 Å². The highest BCUT2D eigenvalue weighted by Crippen LogP contribution is 2.38. The second kappa shape index (κ2) is 9.65. The molecule has 0 bridgehead atoms. The number of phenolic OH excluding ortho intramolecular Hbond substituents is 1. The lowest BCUT2D eigenvalue weighted by Gasteiger charge is -2.10. The average Bonchev–Trinajstić information content (AvgIpc) is 3.53. The first-order chi connectivity index (χ1) is 17.8. The standard InChI is InChI=1S/C27H26N8O2/c1-15-8-13-21(14-16(15)2)35-27(37)24(18(4)32-35)29-28-23-7-5-6-22(25(23)36)20-11-9-19(10-12-20)17(3)26-30-33-34-31-26/h5-14,17,32,36H,1-4H3,(H,30,31,33,34). The Labute approximate surface area is 212 Å². The van der Waals surface area contributed by atoms with E-state index < -0.39 is 0 Å². The van der Waals surface area contributed by atoms with Crippen molar-refractivity contribution in [2.24, 2.45) is 10.2 Å². The summed E-state index contributed by atoms with van der Waals surface area (Å²) in [6.07, 6.45) is 0. The summed E-state index contributed by atoms with van der Waals surface area (Å²) in [7, 11) is 0. The van der Waals surface area contributed by atoms with Crippen molar-refractivity contribution in [1.29, 1.82) is 0 Å². The fraction of sp³-hybridized carbons (Fsp3) is 0.185. The number of aryl methyl sites for hydroxylation is 3. The van der Waals surface area contributed by atoms with Crippen LogP contribution in [0.4, 0.5) is 11.4 Å². The van der Waals surface area contributed by atoms with Crippen LogP contribution < -0.4 is 5.56 Å². The van der Waals surface area contributed by atoms with Crippen LogP contribution in [-0.2, 0) is 0 Å². The summed E-state index contributed by atoms with van der Waals surface area (Å²) in [5.41, 5.74) is 6.10. The summed E-state index contributed by atoms with van der Waals surface area (Å²) in [5.74, 6) is 0.557. The van der Waals surface area contributed by atoms with Crippen LogP contribution in [0.5, 0.6) is 5.75 Å². The molecule has 0 saturated heterocycles. The fourth-order valence-corrected chi connectivity index (χ4v) is 4.10. The number of phenols is 1. The minimum atomic E-state index is -0.313. The average molecular weight is 495 g/mol. The zero-order valence-electron chi connectivity index (χ0n) is 20.9. The number of nitrogens with one attached hydrogen (secondary N) is 2. The molecule has 2 aromatic heterocycles. The van der Waals surface area contributed by atoms with E-state index in [0.29, 0.717) is 17.1 Å². The molecule has 2 heterocycles. The van der Waals surface area contributed by atoms with Gasteiger partial charge in [-0.1, -0.05) is 54.6 Å². The molecule has 1 atom stereocenters. The van der Waals surface area contributed by atoms with Crippen LogP contribution in [0.2, 0.25) is 0 Å². The third-order valence-corrected chi connectivity index (χ3v) is 6.53. The molecule has 0 aliphatic heterocycles. The van der Waals surface area contributed by atoms with Crippen molar-refractivity contribution in [3.63, 3.8) is 0 Å². The highest BCUT2D eigenvalue weighted by molar-refractivity contribution is 5.76. The van der Waals surface area contributed by atoms with E-state index in [4.69, 9.17) is 0 Å². The zero-order chi connectivity index (χ0) is 26.1. The van der Waals surface area contributed by atoms with Crippen LogP contribution >= 0.6 is 0 Å². The van der Waals surface area contributed by atoms with Gasteiger partial charge in [0.25, 0.3) is 5.56 Å². The molecule has 186 valence electrons. The highest BCUT2D eigenvalue weighted by Gasteiger charge is 2.16. The number of aromatic nitrogens is 6. The second-order valence-electron chi connectivity index (χ2n) is 8.98. The van der Waals surface area contributed by atoms with Gasteiger partial charge in [-0.15, -0.1) is 20.4 Å². The lowest BCUT2D eigenvalue weighted by atomic mass is 9.96. The number of azo groups is 1. The number of hydrogen-bond donors (Lipinski definition) is 3. The van der Waals surface area contributed by atoms with Crippen molar-refractivity contribution >= 4 is 11.4 Å². The van der Waals surface area contributed by atoms with Crippen LogP contribution in [-0.4, -0.2) is 35.5 Å². The minimum Gasteiger partial charge on any atom is -0.505 e. The molecule has 0 amide bonds. The van der Waals surface area contributed by atoms with Crippen LogP contribution in [0.25, 0.3) is 16.8 Å². The van der Waals surface area contributed by atoms with Gasteiger partial charge in [-0.05, 0) is 61.2 Å². The van der Waals surface area contributed by atoms with E-state index in [0.717, 1.165) is 27.9 Å². The van der Waals surface area contributed by atoms with Gasteiger partial charge in [0.05, 0.1) is 11.4 Å². The molecule has 0 aliphatic carbocycles. The van der Waals surface area contributed by atoms with E-state index in [-0.39, 0.29) is 28.6 Å². The number of tetrazole rings is 1. The van der Waals surface area contributed by atoms with Gasteiger partial charge in [0.15, 0.2) is 17.3 Å². The Morgan fingerprint density at radius 1 is 0.973 bits per heavy atom. The maximum absolute atomic E-state index is 13.1. The summed E-state index contributed by atoms with van der Waals surface area (Å²) in [4.78, 5) is 13.1. The van der Waals surface area contributed by atoms with Gasteiger partial charge in [0.1, 0.15) is 5.69 Å². The number of hydrogen-bond acceptors (Lipinski definition) is 7. The van der Waals surface area contributed by atoms with E-state index in [1.54, 1.807) is 25.1 Å². The van der Waals surface area contributed by atoms with Crippen molar-refractivity contribution in [3.8, 4) is 22.6 Å². The summed E-state index contributed by atoms with van der Waals surface area (Å²) >= 11 is 0. The third-order valence-electron chi connectivity index (χ3n) is 6.53. The van der Waals surface area contributed by atoms with Crippen LogP contribution in [0, 0.1) is 20.8 Å². The molecule has 1 unspecified atom stereocenters.